The summed E-state index contributed by atoms with van der Waals surface area (Å²) in [6.45, 7) is 7.65. The summed E-state index contributed by atoms with van der Waals surface area (Å²) in [7, 11) is 3.78. The highest BCUT2D eigenvalue weighted by atomic mass is 16.1. The van der Waals surface area contributed by atoms with Gasteiger partial charge in [-0.2, -0.15) is 0 Å². The van der Waals surface area contributed by atoms with Gasteiger partial charge < -0.3 is 10.2 Å². The summed E-state index contributed by atoms with van der Waals surface area (Å²) in [5.74, 6) is 0.508. The van der Waals surface area contributed by atoms with Crippen LogP contribution in [-0.2, 0) is 0 Å². The van der Waals surface area contributed by atoms with Crippen molar-refractivity contribution in [1.29, 1.82) is 0 Å². The number of amides is 1. The van der Waals surface area contributed by atoms with Gasteiger partial charge in [0.15, 0.2) is 0 Å². The molecule has 0 fully saturated rings. The van der Waals surface area contributed by atoms with Crippen molar-refractivity contribution in [3.63, 3.8) is 0 Å². The minimum absolute atomic E-state index is 0.131. The van der Waals surface area contributed by atoms with Gasteiger partial charge >= 0.3 is 0 Å². The zero-order chi connectivity index (χ0) is 16.4. The quantitative estimate of drug-likeness (QED) is 0.946. The summed E-state index contributed by atoms with van der Waals surface area (Å²) in [5, 5.41) is 2.95. The second-order valence-corrected chi connectivity index (χ2v) is 5.74. The number of hydrogen-bond donors (Lipinski definition) is 1. The first kappa shape index (κ1) is 15.9. The molecule has 1 N–H and O–H groups in total. The summed E-state index contributed by atoms with van der Waals surface area (Å²) in [6.07, 6.45) is 0. The zero-order valence-electron chi connectivity index (χ0n) is 14.0. The van der Waals surface area contributed by atoms with E-state index >= 15 is 0 Å². The van der Waals surface area contributed by atoms with Crippen molar-refractivity contribution in [3.8, 4) is 0 Å². The standard InChI is InChI=1S/C17H22N4O/c1-10-7-8-11(2)14(9-10)16(22)20-15-12(3)18-17(21(5)6)19-13(15)4/h7-9H,1-6H3,(H,20,22). The van der Waals surface area contributed by atoms with Crippen molar-refractivity contribution in [2.45, 2.75) is 27.7 Å². The third-order valence-corrected chi connectivity index (χ3v) is 3.54. The predicted octanol–water partition coefficient (Wildman–Crippen LogP) is 3.03. The van der Waals surface area contributed by atoms with E-state index in [0.717, 1.165) is 22.5 Å². The Bertz CT molecular complexity index is 700. The summed E-state index contributed by atoms with van der Waals surface area (Å²) < 4.78 is 0. The number of aryl methyl sites for hydroxylation is 4. The highest BCUT2D eigenvalue weighted by molar-refractivity contribution is 6.05. The van der Waals surface area contributed by atoms with Crippen LogP contribution in [0.2, 0.25) is 0 Å². The van der Waals surface area contributed by atoms with Crippen molar-refractivity contribution in [2.75, 3.05) is 24.3 Å². The molecule has 1 aromatic heterocycles. The van der Waals surface area contributed by atoms with Gasteiger partial charge in [0.2, 0.25) is 5.95 Å². The largest absolute Gasteiger partial charge is 0.347 e. The molecule has 2 aromatic rings. The molecule has 0 spiro atoms. The monoisotopic (exact) mass is 298 g/mol. The van der Waals surface area contributed by atoms with Crippen LogP contribution in [0.3, 0.4) is 0 Å². The van der Waals surface area contributed by atoms with Gasteiger partial charge in [-0.3, -0.25) is 4.79 Å². The van der Waals surface area contributed by atoms with Crippen LogP contribution in [0.5, 0.6) is 0 Å². The summed E-state index contributed by atoms with van der Waals surface area (Å²) >= 11 is 0. The lowest BCUT2D eigenvalue weighted by molar-refractivity contribution is 0.102. The van der Waals surface area contributed by atoms with Crippen LogP contribution in [0, 0.1) is 27.7 Å². The molecule has 5 heteroatoms. The molecule has 116 valence electrons. The average molecular weight is 298 g/mol. The van der Waals surface area contributed by atoms with Crippen molar-refractivity contribution >= 4 is 17.5 Å². The van der Waals surface area contributed by atoms with Gasteiger partial charge in [-0.25, -0.2) is 9.97 Å². The molecule has 1 aromatic carbocycles. The van der Waals surface area contributed by atoms with E-state index < -0.39 is 0 Å². The maximum Gasteiger partial charge on any atom is 0.256 e. The van der Waals surface area contributed by atoms with Gasteiger partial charge in [-0.1, -0.05) is 17.7 Å². The highest BCUT2D eigenvalue weighted by Crippen LogP contribution is 2.21. The molecule has 0 saturated heterocycles. The molecule has 22 heavy (non-hydrogen) atoms. The minimum atomic E-state index is -0.131. The molecular weight excluding hydrogens is 276 g/mol. The summed E-state index contributed by atoms with van der Waals surface area (Å²) in [6, 6.07) is 5.84. The predicted molar refractivity (Wildman–Crippen MR) is 89.7 cm³/mol. The van der Waals surface area contributed by atoms with Crippen LogP contribution in [0.1, 0.15) is 32.9 Å². The molecule has 1 amide bonds. The van der Waals surface area contributed by atoms with Crippen molar-refractivity contribution in [1.82, 2.24) is 9.97 Å². The summed E-state index contributed by atoms with van der Waals surface area (Å²) in [4.78, 5) is 23.2. The van der Waals surface area contributed by atoms with E-state index in [1.54, 1.807) is 0 Å². The first-order valence-corrected chi connectivity index (χ1v) is 7.20. The lowest BCUT2D eigenvalue weighted by Gasteiger charge is -2.16. The summed E-state index contributed by atoms with van der Waals surface area (Å²) in [5.41, 5.74) is 4.88. The smallest absolute Gasteiger partial charge is 0.256 e. The fraction of sp³-hybridized carbons (Fsp3) is 0.353. The topological polar surface area (TPSA) is 58.1 Å². The fourth-order valence-corrected chi connectivity index (χ4v) is 2.24. The Hall–Kier alpha value is -2.43. The second kappa shape index (κ2) is 6.13. The van der Waals surface area contributed by atoms with Crippen LogP contribution in [0.15, 0.2) is 18.2 Å². The first-order chi connectivity index (χ1) is 10.3. The van der Waals surface area contributed by atoms with Crippen LogP contribution in [0.4, 0.5) is 11.6 Å². The molecule has 0 radical (unpaired) electrons. The number of nitrogens with one attached hydrogen (secondary N) is 1. The molecule has 1 heterocycles. The third kappa shape index (κ3) is 3.24. The number of carbonyl (C=O) groups is 1. The van der Waals surface area contributed by atoms with E-state index in [0.29, 0.717) is 17.2 Å². The minimum Gasteiger partial charge on any atom is -0.347 e. The molecule has 0 aliphatic carbocycles. The van der Waals surface area contributed by atoms with E-state index in [4.69, 9.17) is 0 Å². The number of carbonyl (C=O) groups excluding carboxylic acids is 1. The molecule has 0 aliphatic heterocycles. The van der Waals surface area contributed by atoms with Crippen LogP contribution in [-0.4, -0.2) is 30.0 Å². The molecular formula is C17H22N4O. The van der Waals surface area contributed by atoms with E-state index in [1.165, 1.54) is 0 Å². The number of rotatable bonds is 3. The fourth-order valence-electron chi connectivity index (χ4n) is 2.24. The van der Waals surface area contributed by atoms with Crippen molar-refractivity contribution < 1.29 is 4.79 Å². The molecule has 5 nitrogen and oxygen atoms in total. The SMILES string of the molecule is Cc1ccc(C)c(C(=O)Nc2c(C)nc(N(C)C)nc2C)c1. The Morgan fingerprint density at radius 1 is 1.05 bits per heavy atom. The van der Waals surface area contributed by atoms with Crippen molar-refractivity contribution in [2.24, 2.45) is 0 Å². The van der Waals surface area contributed by atoms with E-state index in [2.05, 4.69) is 15.3 Å². The van der Waals surface area contributed by atoms with Gasteiger partial charge in [0.25, 0.3) is 5.91 Å². The molecule has 2 rings (SSSR count). The third-order valence-electron chi connectivity index (χ3n) is 3.54. The second-order valence-electron chi connectivity index (χ2n) is 5.74. The Kier molecular flexibility index (Phi) is 4.45. The molecule has 0 atom stereocenters. The van der Waals surface area contributed by atoms with E-state index in [9.17, 15) is 4.79 Å². The lowest BCUT2D eigenvalue weighted by atomic mass is 10.0. The number of benzene rings is 1. The number of hydrogen-bond acceptors (Lipinski definition) is 4. The van der Waals surface area contributed by atoms with Gasteiger partial charge in [-0.15, -0.1) is 0 Å². The van der Waals surface area contributed by atoms with Gasteiger partial charge in [0, 0.05) is 19.7 Å². The molecule has 0 unspecified atom stereocenters. The number of aromatic nitrogens is 2. The van der Waals surface area contributed by atoms with Crippen LogP contribution >= 0.6 is 0 Å². The van der Waals surface area contributed by atoms with Crippen molar-refractivity contribution in [3.05, 3.63) is 46.3 Å². The number of nitrogens with zero attached hydrogens (tertiary/aromatic N) is 3. The first-order valence-electron chi connectivity index (χ1n) is 7.20. The van der Waals surface area contributed by atoms with E-state index in [-0.39, 0.29) is 5.91 Å². The molecule has 0 bridgehead atoms. The Morgan fingerprint density at radius 2 is 1.64 bits per heavy atom. The average Bonchev–Trinajstić information content (AvgIpc) is 2.44. The zero-order valence-corrected chi connectivity index (χ0v) is 14.0. The Labute approximate surface area is 131 Å². The maximum atomic E-state index is 12.5. The maximum absolute atomic E-state index is 12.5. The van der Waals surface area contributed by atoms with E-state index in [1.807, 2.05) is 64.9 Å². The van der Waals surface area contributed by atoms with Gasteiger partial charge in [0.05, 0.1) is 17.1 Å². The Morgan fingerprint density at radius 3 is 2.18 bits per heavy atom. The Balaban J connectivity index is 2.35. The van der Waals surface area contributed by atoms with Gasteiger partial charge in [0.1, 0.15) is 0 Å². The lowest BCUT2D eigenvalue weighted by Crippen LogP contribution is -2.19. The number of anilines is 2. The highest BCUT2D eigenvalue weighted by Gasteiger charge is 2.15. The van der Waals surface area contributed by atoms with Crippen LogP contribution < -0.4 is 10.2 Å². The normalized spacial score (nSPS) is 10.5. The molecule has 0 saturated carbocycles. The van der Waals surface area contributed by atoms with Crippen LogP contribution in [0.25, 0.3) is 0 Å². The molecule has 0 aliphatic rings. The van der Waals surface area contributed by atoms with Gasteiger partial charge in [-0.05, 0) is 39.3 Å².